The Hall–Kier alpha value is -1.87. The number of hydrogen-bond acceptors (Lipinski definition) is 4. The van der Waals surface area contributed by atoms with Crippen LogP contribution in [-0.2, 0) is 14.6 Å². The highest BCUT2D eigenvalue weighted by Gasteiger charge is 2.61. The first kappa shape index (κ1) is 24.3. The number of halogens is 3. The average molecular weight is 485 g/mol. The lowest BCUT2D eigenvalue weighted by Crippen LogP contribution is -2.68. The van der Waals surface area contributed by atoms with Crippen LogP contribution in [-0.4, -0.2) is 74.0 Å². The number of carbonyl (C=O) groups excluding carboxylic acids is 1. The van der Waals surface area contributed by atoms with E-state index in [1.165, 1.54) is 6.26 Å². The minimum atomic E-state index is -4.88. The summed E-state index contributed by atoms with van der Waals surface area (Å²) < 4.78 is 63.1. The standard InChI is InChI=1S/C24H31F3N2O3S/c1-3-18(11-17-7-5-4-6-8-17)20-12-21(20)29(22(30)24(25,26)27)19-13-23(14-19)15-28(16-23)9-10-33(2,31)32/h4-8,11,19-21H,3,9-10,12-16H2,1-2H3/b18-11+/t20-,21+/m0/s1. The van der Waals surface area contributed by atoms with E-state index in [1.54, 1.807) is 0 Å². The number of alkyl halides is 3. The zero-order valence-electron chi connectivity index (χ0n) is 19.0. The summed E-state index contributed by atoms with van der Waals surface area (Å²) in [5.41, 5.74) is 2.01. The molecule has 9 heteroatoms. The van der Waals surface area contributed by atoms with Gasteiger partial charge in [-0.25, -0.2) is 8.42 Å². The second kappa shape index (κ2) is 8.73. The minimum absolute atomic E-state index is 0.0364. The molecule has 0 radical (unpaired) electrons. The molecule has 1 heterocycles. The van der Waals surface area contributed by atoms with Crippen molar-refractivity contribution in [3.63, 3.8) is 0 Å². The molecule has 1 amide bonds. The maximum atomic E-state index is 13.5. The van der Waals surface area contributed by atoms with Crippen LogP contribution in [0.1, 0.15) is 38.2 Å². The Labute approximate surface area is 193 Å². The summed E-state index contributed by atoms with van der Waals surface area (Å²) in [6.07, 6.45) is 0.758. The Morgan fingerprint density at radius 1 is 1.21 bits per heavy atom. The highest BCUT2D eigenvalue weighted by Crippen LogP contribution is 2.54. The molecule has 5 nitrogen and oxygen atoms in total. The van der Waals surface area contributed by atoms with Crippen molar-refractivity contribution < 1.29 is 26.4 Å². The van der Waals surface area contributed by atoms with E-state index in [-0.39, 0.29) is 17.1 Å². The molecule has 33 heavy (non-hydrogen) atoms. The van der Waals surface area contributed by atoms with Gasteiger partial charge in [0.05, 0.1) is 5.75 Å². The molecule has 4 rings (SSSR count). The highest BCUT2D eigenvalue weighted by atomic mass is 32.2. The van der Waals surface area contributed by atoms with E-state index in [2.05, 4.69) is 0 Å². The third-order valence-electron chi connectivity index (χ3n) is 7.25. The van der Waals surface area contributed by atoms with Crippen molar-refractivity contribution in [1.82, 2.24) is 9.80 Å². The third kappa shape index (κ3) is 5.45. The zero-order chi connectivity index (χ0) is 24.0. The van der Waals surface area contributed by atoms with Gasteiger partial charge in [-0.1, -0.05) is 48.9 Å². The molecule has 182 valence electrons. The quantitative estimate of drug-likeness (QED) is 0.564. The van der Waals surface area contributed by atoms with Crippen LogP contribution < -0.4 is 0 Å². The monoisotopic (exact) mass is 484 g/mol. The van der Waals surface area contributed by atoms with Gasteiger partial charge in [-0.05, 0) is 36.7 Å². The molecule has 1 aromatic carbocycles. The lowest BCUT2D eigenvalue weighted by molar-refractivity contribution is -0.197. The van der Waals surface area contributed by atoms with Crippen molar-refractivity contribution in [2.75, 3.05) is 31.6 Å². The van der Waals surface area contributed by atoms with Crippen molar-refractivity contribution in [3.05, 3.63) is 41.5 Å². The van der Waals surface area contributed by atoms with E-state index in [0.717, 1.165) is 22.5 Å². The first-order valence-electron chi connectivity index (χ1n) is 11.5. The molecule has 2 aliphatic carbocycles. The Morgan fingerprint density at radius 2 is 1.85 bits per heavy atom. The Kier molecular flexibility index (Phi) is 6.41. The maximum absolute atomic E-state index is 13.5. The van der Waals surface area contributed by atoms with Gasteiger partial charge in [0.1, 0.15) is 9.84 Å². The second-order valence-corrected chi connectivity index (χ2v) is 12.3. The van der Waals surface area contributed by atoms with Crippen LogP contribution in [0.5, 0.6) is 0 Å². The van der Waals surface area contributed by atoms with E-state index in [0.29, 0.717) is 38.9 Å². The largest absolute Gasteiger partial charge is 0.471 e. The molecular weight excluding hydrogens is 453 g/mol. The number of benzene rings is 1. The molecule has 0 N–H and O–H groups in total. The number of sulfone groups is 1. The van der Waals surface area contributed by atoms with E-state index in [9.17, 15) is 26.4 Å². The first-order chi connectivity index (χ1) is 15.4. The minimum Gasteiger partial charge on any atom is -0.328 e. The zero-order valence-corrected chi connectivity index (χ0v) is 19.8. The van der Waals surface area contributed by atoms with Crippen LogP contribution in [0.3, 0.4) is 0 Å². The third-order valence-corrected chi connectivity index (χ3v) is 8.18. The second-order valence-electron chi connectivity index (χ2n) is 10.0. The fourth-order valence-electron chi connectivity index (χ4n) is 5.61. The number of rotatable bonds is 8. The van der Waals surface area contributed by atoms with E-state index < -0.39 is 34.0 Å². The van der Waals surface area contributed by atoms with Gasteiger partial charge >= 0.3 is 12.1 Å². The van der Waals surface area contributed by atoms with Crippen molar-refractivity contribution in [2.45, 2.75) is 50.9 Å². The van der Waals surface area contributed by atoms with Crippen LogP contribution in [0, 0.1) is 11.3 Å². The Balaban J connectivity index is 1.41. The van der Waals surface area contributed by atoms with Crippen LogP contribution >= 0.6 is 0 Å². The van der Waals surface area contributed by atoms with E-state index >= 15 is 0 Å². The summed E-state index contributed by atoms with van der Waals surface area (Å²) in [5.74, 6) is -1.67. The van der Waals surface area contributed by atoms with Crippen LogP contribution in [0.15, 0.2) is 35.9 Å². The first-order valence-corrected chi connectivity index (χ1v) is 13.5. The fourth-order valence-corrected chi connectivity index (χ4v) is 6.20. The van der Waals surface area contributed by atoms with Gasteiger partial charge in [-0.2, -0.15) is 13.2 Å². The van der Waals surface area contributed by atoms with Crippen molar-refractivity contribution in [3.8, 4) is 0 Å². The normalized spacial score (nSPS) is 25.4. The summed E-state index contributed by atoms with van der Waals surface area (Å²) in [4.78, 5) is 15.6. The Bertz CT molecular complexity index is 1010. The van der Waals surface area contributed by atoms with Gasteiger partial charge in [-0.15, -0.1) is 0 Å². The lowest BCUT2D eigenvalue weighted by atomic mass is 9.60. The summed E-state index contributed by atoms with van der Waals surface area (Å²) in [7, 11) is -3.04. The molecule has 2 atom stereocenters. The van der Waals surface area contributed by atoms with Crippen molar-refractivity contribution >= 4 is 21.8 Å². The molecule has 0 aromatic heterocycles. The van der Waals surface area contributed by atoms with Crippen LogP contribution in [0.2, 0.25) is 0 Å². The molecule has 3 fully saturated rings. The molecule has 0 unspecified atom stereocenters. The number of amides is 1. The number of hydrogen-bond donors (Lipinski definition) is 0. The molecule has 1 aromatic rings. The molecular formula is C24H31F3N2O3S. The molecule has 1 saturated heterocycles. The SMILES string of the molecule is CC/C(=C\c1ccccc1)[C@@H]1C[C@H]1N(C(=O)C(F)(F)F)C1CC2(C1)CN(CCS(C)(=O)=O)C2. The lowest BCUT2D eigenvalue weighted by Gasteiger charge is -2.61. The van der Waals surface area contributed by atoms with Gasteiger partial charge in [-0.3, -0.25) is 4.79 Å². The summed E-state index contributed by atoms with van der Waals surface area (Å²) in [6.45, 7) is 3.83. The van der Waals surface area contributed by atoms with E-state index in [4.69, 9.17) is 0 Å². The Morgan fingerprint density at radius 3 is 2.39 bits per heavy atom. The molecule has 2 saturated carbocycles. The number of carbonyl (C=O) groups is 1. The fraction of sp³-hybridized carbons (Fsp3) is 0.625. The molecule has 1 spiro atoms. The molecule has 3 aliphatic rings. The van der Waals surface area contributed by atoms with Crippen LogP contribution in [0.4, 0.5) is 13.2 Å². The van der Waals surface area contributed by atoms with Gasteiger partial charge < -0.3 is 9.80 Å². The number of nitrogens with zero attached hydrogens (tertiary/aromatic N) is 2. The summed E-state index contributed by atoms with van der Waals surface area (Å²) in [5, 5.41) is 0. The van der Waals surface area contributed by atoms with Crippen LogP contribution in [0.25, 0.3) is 6.08 Å². The predicted molar refractivity (Wildman–Crippen MR) is 121 cm³/mol. The van der Waals surface area contributed by atoms with Gasteiger partial charge in [0.25, 0.3) is 0 Å². The summed E-state index contributed by atoms with van der Waals surface area (Å²) >= 11 is 0. The van der Waals surface area contributed by atoms with Gasteiger partial charge in [0, 0.05) is 43.9 Å². The average Bonchev–Trinajstić information content (AvgIpc) is 3.45. The smallest absolute Gasteiger partial charge is 0.328 e. The van der Waals surface area contributed by atoms with Crippen molar-refractivity contribution in [2.24, 2.45) is 11.3 Å². The number of likely N-dealkylation sites (tertiary alicyclic amines) is 1. The highest BCUT2D eigenvalue weighted by molar-refractivity contribution is 7.90. The van der Waals surface area contributed by atoms with E-state index in [1.807, 2.05) is 48.2 Å². The summed E-state index contributed by atoms with van der Waals surface area (Å²) in [6, 6.07) is 8.89. The molecule has 0 bridgehead atoms. The van der Waals surface area contributed by atoms with Gasteiger partial charge in [0.15, 0.2) is 0 Å². The topological polar surface area (TPSA) is 57.7 Å². The predicted octanol–water partition coefficient (Wildman–Crippen LogP) is 3.77. The maximum Gasteiger partial charge on any atom is 0.471 e. The van der Waals surface area contributed by atoms with Gasteiger partial charge in [0.2, 0.25) is 0 Å². The molecule has 1 aliphatic heterocycles. The van der Waals surface area contributed by atoms with Crippen molar-refractivity contribution in [1.29, 1.82) is 0 Å².